The number of morpholine rings is 1. The Hall–Kier alpha value is -1.11. The van der Waals surface area contributed by atoms with Crippen LogP contribution in [-0.2, 0) is 4.74 Å². The van der Waals surface area contributed by atoms with Crippen LogP contribution in [0.1, 0.15) is 5.56 Å². The standard InChI is InChI=1S/C17H21ClN4O.2ClH/c1-13-12-16(14-4-2-3-5-15(14)18)20-21-17(13)19-6-7-22-8-10-23-11-9-22;;/h2-5,12H,6-11H2,1H3,(H,19,21);2*1H. The van der Waals surface area contributed by atoms with E-state index in [1.54, 1.807) is 0 Å². The first-order valence-corrected chi connectivity index (χ1v) is 8.25. The summed E-state index contributed by atoms with van der Waals surface area (Å²) in [5, 5.41) is 12.7. The highest BCUT2D eigenvalue weighted by Crippen LogP contribution is 2.27. The summed E-state index contributed by atoms with van der Waals surface area (Å²) in [4.78, 5) is 2.39. The predicted octanol–water partition coefficient (Wildman–Crippen LogP) is 3.69. The first kappa shape index (κ1) is 21.9. The molecule has 1 aromatic heterocycles. The van der Waals surface area contributed by atoms with Crippen molar-refractivity contribution >= 4 is 42.2 Å². The predicted molar refractivity (Wildman–Crippen MR) is 107 cm³/mol. The highest BCUT2D eigenvalue weighted by atomic mass is 35.5. The average Bonchev–Trinajstić information content (AvgIpc) is 2.58. The minimum atomic E-state index is 0. The van der Waals surface area contributed by atoms with Gasteiger partial charge in [0.15, 0.2) is 5.82 Å². The lowest BCUT2D eigenvalue weighted by Crippen LogP contribution is -2.39. The van der Waals surface area contributed by atoms with Crippen LogP contribution in [0.25, 0.3) is 11.3 Å². The second-order valence-corrected chi connectivity index (χ2v) is 6.03. The Morgan fingerprint density at radius 1 is 1.16 bits per heavy atom. The number of aromatic nitrogens is 2. The summed E-state index contributed by atoms with van der Waals surface area (Å²) in [5.74, 6) is 0.828. The lowest BCUT2D eigenvalue weighted by atomic mass is 10.1. The fourth-order valence-corrected chi connectivity index (χ4v) is 2.85. The van der Waals surface area contributed by atoms with Crippen molar-refractivity contribution in [1.82, 2.24) is 15.1 Å². The highest BCUT2D eigenvalue weighted by Gasteiger charge is 2.11. The first-order chi connectivity index (χ1) is 11.2. The molecule has 0 amide bonds. The number of hydrogen-bond acceptors (Lipinski definition) is 5. The van der Waals surface area contributed by atoms with Crippen molar-refractivity contribution in [1.29, 1.82) is 0 Å². The Morgan fingerprint density at radius 3 is 2.56 bits per heavy atom. The van der Waals surface area contributed by atoms with E-state index in [1.165, 1.54) is 0 Å². The summed E-state index contributed by atoms with van der Waals surface area (Å²) in [6.45, 7) is 7.51. The van der Waals surface area contributed by atoms with Crippen molar-refractivity contribution in [2.24, 2.45) is 0 Å². The van der Waals surface area contributed by atoms with Crippen molar-refractivity contribution in [3.8, 4) is 11.3 Å². The van der Waals surface area contributed by atoms with E-state index < -0.39 is 0 Å². The number of rotatable bonds is 5. The molecule has 0 aliphatic carbocycles. The minimum Gasteiger partial charge on any atom is -0.379 e. The van der Waals surface area contributed by atoms with E-state index in [9.17, 15) is 0 Å². The molecule has 1 aliphatic rings. The molecule has 0 atom stereocenters. The van der Waals surface area contributed by atoms with Crippen LogP contribution in [0.5, 0.6) is 0 Å². The van der Waals surface area contributed by atoms with Gasteiger partial charge in [0.2, 0.25) is 0 Å². The second kappa shape index (κ2) is 10.8. The number of aryl methyl sites for hydroxylation is 1. The molecule has 1 fully saturated rings. The maximum Gasteiger partial charge on any atom is 0.151 e. The van der Waals surface area contributed by atoms with Gasteiger partial charge in [0.1, 0.15) is 0 Å². The van der Waals surface area contributed by atoms with Crippen LogP contribution < -0.4 is 5.32 Å². The van der Waals surface area contributed by atoms with Crippen LogP contribution in [0, 0.1) is 6.92 Å². The molecule has 0 spiro atoms. The third-order valence-corrected chi connectivity index (χ3v) is 4.29. The molecule has 0 saturated carbocycles. The second-order valence-electron chi connectivity index (χ2n) is 5.62. The molecule has 1 N–H and O–H groups in total. The number of nitrogens with zero attached hydrogens (tertiary/aromatic N) is 3. The molecule has 2 aromatic rings. The van der Waals surface area contributed by atoms with E-state index in [-0.39, 0.29) is 24.8 Å². The minimum absolute atomic E-state index is 0. The number of nitrogens with one attached hydrogen (secondary N) is 1. The average molecular weight is 406 g/mol. The summed E-state index contributed by atoms with van der Waals surface area (Å²) in [6, 6.07) is 9.70. The van der Waals surface area contributed by atoms with Crippen LogP contribution in [0.2, 0.25) is 5.02 Å². The maximum absolute atomic E-state index is 6.22. The van der Waals surface area contributed by atoms with E-state index in [2.05, 4.69) is 20.4 Å². The zero-order chi connectivity index (χ0) is 16.1. The Labute approximate surface area is 165 Å². The van der Waals surface area contributed by atoms with E-state index in [0.29, 0.717) is 5.02 Å². The van der Waals surface area contributed by atoms with Gasteiger partial charge in [-0.25, -0.2) is 0 Å². The highest BCUT2D eigenvalue weighted by molar-refractivity contribution is 6.33. The normalized spacial score (nSPS) is 14.3. The van der Waals surface area contributed by atoms with E-state index in [4.69, 9.17) is 16.3 Å². The third-order valence-electron chi connectivity index (χ3n) is 3.96. The van der Waals surface area contributed by atoms with Crippen molar-refractivity contribution in [3.63, 3.8) is 0 Å². The van der Waals surface area contributed by atoms with E-state index >= 15 is 0 Å². The molecule has 1 aromatic carbocycles. The van der Waals surface area contributed by atoms with Crippen molar-refractivity contribution < 1.29 is 4.74 Å². The van der Waals surface area contributed by atoms with E-state index in [0.717, 1.165) is 62.0 Å². The van der Waals surface area contributed by atoms with Gasteiger partial charge in [-0.05, 0) is 24.6 Å². The molecule has 1 aliphatic heterocycles. The van der Waals surface area contributed by atoms with E-state index in [1.807, 2.05) is 37.3 Å². The van der Waals surface area contributed by atoms with Gasteiger partial charge in [-0.15, -0.1) is 35.0 Å². The Balaban J connectivity index is 0.00000156. The van der Waals surface area contributed by atoms with Gasteiger partial charge in [-0.2, -0.15) is 0 Å². The van der Waals surface area contributed by atoms with Gasteiger partial charge >= 0.3 is 0 Å². The third kappa shape index (κ3) is 5.97. The maximum atomic E-state index is 6.22. The first-order valence-electron chi connectivity index (χ1n) is 7.87. The van der Waals surface area contributed by atoms with Crippen LogP contribution in [0.15, 0.2) is 30.3 Å². The fourth-order valence-electron chi connectivity index (χ4n) is 2.62. The molecule has 0 unspecified atom stereocenters. The lowest BCUT2D eigenvalue weighted by Gasteiger charge is -2.26. The Morgan fingerprint density at radius 2 is 1.88 bits per heavy atom. The van der Waals surface area contributed by atoms with Crippen LogP contribution >= 0.6 is 36.4 Å². The van der Waals surface area contributed by atoms with Crippen molar-refractivity contribution in [3.05, 3.63) is 40.9 Å². The molecule has 0 radical (unpaired) electrons. The fraction of sp³-hybridized carbons (Fsp3) is 0.412. The summed E-state index contributed by atoms with van der Waals surface area (Å²) in [5.41, 5.74) is 2.77. The summed E-state index contributed by atoms with van der Waals surface area (Å²) >= 11 is 6.22. The molecule has 25 heavy (non-hydrogen) atoms. The van der Waals surface area contributed by atoms with Gasteiger partial charge in [0.05, 0.1) is 23.9 Å². The summed E-state index contributed by atoms with van der Waals surface area (Å²) in [7, 11) is 0. The molecule has 1 saturated heterocycles. The molecule has 0 bridgehead atoms. The van der Waals surface area contributed by atoms with Gasteiger partial charge < -0.3 is 10.1 Å². The molecule has 5 nitrogen and oxygen atoms in total. The molecular weight excluding hydrogens is 383 g/mol. The Bertz CT molecular complexity index is 666. The van der Waals surface area contributed by atoms with Crippen molar-refractivity contribution in [2.45, 2.75) is 6.92 Å². The molecule has 138 valence electrons. The number of anilines is 1. The summed E-state index contributed by atoms with van der Waals surface area (Å²) in [6.07, 6.45) is 0. The molecule has 3 rings (SSSR count). The van der Waals surface area contributed by atoms with Gasteiger partial charge in [0.25, 0.3) is 0 Å². The smallest absolute Gasteiger partial charge is 0.151 e. The zero-order valence-electron chi connectivity index (χ0n) is 14.1. The largest absolute Gasteiger partial charge is 0.379 e. The molecule has 8 heteroatoms. The number of hydrogen-bond donors (Lipinski definition) is 1. The topological polar surface area (TPSA) is 50.3 Å². The number of ether oxygens (including phenoxy) is 1. The Kier molecular flexibility index (Phi) is 9.46. The van der Waals surface area contributed by atoms with Gasteiger partial charge in [-0.1, -0.05) is 29.8 Å². The zero-order valence-corrected chi connectivity index (χ0v) is 16.5. The summed E-state index contributed by atoms with van der Waals surface area (Å²) < 4.78 is 5.35. The molecule has 2 heterocycles. The van der Waals surface area contributed by atoms with Gasteiger partial charge in [-0.3, -0.25) is 4.90 Å². The number of benzene rings is 1. The van der Waals surface area contributed by atoms with Crippen LogP contribution in [0.3, 0.4) is 0 Å². The van der Waals surface area contributed by atoms with Gasteiger partial charge in [0, 0.05) is 31.7 Å². The quantitative estimate of drug-likeness (QED) is 0.822. The van der Waals surface area contributed by atoms with Crippen LogP contribution in [-0.4, -0.2) is 54.5 Å². The lowest BCUT2D eigenvalue weighted by molar-refractivity contribution is 0.0398. The number of halogens is 3. The monoisotopic (exact) mass is 404 g/mol. The van der Waals surface area contributed by atoms with Crippen molar-refractivity contribution in [2.75, 3.05) is 44.7 Å². The van der Waals surface area contributed by atoms with Crippen LogP contribution in [0.4, 0.5) is 5.82 Å². The molecular formula is C17H23Cl3N4O. The SMILES string of the molecule is Cc1cc(-c2ccccc2Cl)nnc1NCCN1CCOCC1.Cl.Cl.